The van der Waals surface area contributed by atoms with Crippen molar-refractivity contribution in [3.63, 3.8) is 0 Å². The molecule has 182 valence electrons. The van der Waals surface area contributed by atoms with Crippen LogP contribution in [0.3, 0.4) is 0 Å². The molecule has 0 aliphatic carbocycles. The predicted octanol–water partition coefficient (Wildman–Crippen LogP) is 4.33. The molecule has 0 spiro atoms. The van der Waals surface area contributed by atoms with Crippen molar-refractivity contribution in [2.75, 3.05) is 17.7 Å². The molecular formula is C26H23FN6O3. The molecule has 2 heterocycles. The van der Waals surface area contributed by atoms with Crippen molar-refractivity contribution in [1.29, 1.82) is 0 Å². The third kappa shape index (κ3) is 4.48. The number of para-hydroxylation sites is 1. The van der Waals surface area contributed by atoms with Crippen LogP contribution in [-0.4, -0.2) is 33.2 Å². The van der Waals surface area contributed by atoms with Gasteiger partial charge in [0.2, 0.25) is 5.95 Å². The van der Waals surface area contributed by atoms with Crippen LogP contribution >= 0.6 is 0 Å². The van der Waals surface area contributed by atoms with Gasteiger partial charge in [-0.2, -0.15) is 4.68 Å². The Morgan fingerprint density at radius 2 is 1.86 bits per heavy atom. The van der Waals surface area contributed by atoms with Crippen molar-refractivity contribution in [2.24, 2.45) is 0 Å². The summed E-state index contributed by atoms with van der Waals surface area (Å²) < 4.78 is 27.0. The first-order valence-corrected chi connectivity index (χ1v) is 11.2. The number of methoxy groups -OCH3 is 1. The minimum atomic E-state index is -0.630. The molecule has 0 saturated heterocycles. The van der Waals surface area contributed by atoms with E-state index in [1.54, 1.807) is 41.9 Å². The lowest BCUT2D eigenvalue weighted by molar-refractivity contribution is -0.113. The van der Waals surface area contributed by atoms with Gasteiger partial charge in [-0.3, -0.25) is 4.79 Å². The zero-order chi connectivity index (χ0) is 25.1. The van der Waals surface area contributed by atoms with E-state index in [-0.39, 0.29) is 18.3 Å². The van der Waals surface area contributed by atoms with Gasteiger partial charge in [0.05, 0.1) is 12.7 Å². The minimum absolute atomic E-state index is 0.0383. The molecule has 1 aliphatic heterocycles. The van der Waals surface area contributed by atoms with Gasteiger partial charge < -0.3 is 20.1 Å². The molecule has 0 fully saturated rings. The highest BCUT2D eigenvalue weighted by Gasteiger charge is 2.34. The molecule has 0 radical (unpaired) electrons. The quantitative estimate of drug-likeness (QED) is 0.401. The van der Waals surface area contributed by atoms with Gasteiger partial charge in [0.1, 0.15) is 18.5 Å². The number of hydrogen-bond acceptors (Lipinski definition) is 7. The Hall–Kier alpha value is -4.73. The second-order valence-electron chi connectivity index (χ2n) is 8.12. The van der Waals surface area contributed by atoms with Crippen LogP contribution < -0.4 is 20.1 Å². The summed E-state index contributed by atoms with van der Waals surface area (Å²) in [5.74, 6) is 0.635. The van der Waals surface area contributed by atoms with Gasteiger partial charge >= 0.3 is 0 Å². The third-order valence-corrected chi connectivity index (χ3v) is 5.83. The number of amides is 1. The number of halogens is 1. The third-order valence-electron chi connectivity index (χ3n) is 5.83. The van der Waals surface area contributed by atoms with Crippen molar-refractivity contribution >= 4 is 17.5 Å². The van der Waals surface area contributed by atoms with E-state index in [0.717, 1.165) is 0 Å². The maximum atomic E-state index is 14.0. The molecule has 0 saturated carbocycles. The van der Waals surface area contributed by atoms with E-state index in [4.69, 9.17) is 9.47 Å². The lowest BCUT2D eigenvalue weighted by Gasteiger charge is -2.28. The van der Waals surface area contributed by atoms with E-state index in [9.17, 15) is 9.18 Å². The fourth-order valence-electron chi connectivity index (χ4n) is 4.08. The zero-order valence-corrected chi connectivity index (χ0v) is 19.6. The second-order valence-corrected chi connectivity index (χ2v) is 8.12. The van der Waals surface area contributed by atoms with E-state index < -0.39 is 6.04 Å². The molecule has 5 rings (SSSR count). The zero-order valence-electron chi connectivity index (χ0n) is 19.6. The standard InChI is InChI=1S/C26H23FN6O3/c1-16-23(25(34)29-19-9-4-3-5-10-19)24(33-26(28-16)30-31-32-33)17-12-13-21(22(14-17)35-2)36-15-18-8-6-7-11-20(18)27/h3-14,24H,15H2,1-2H3,(H,29,34)(H,28,30,32)/t24-/m1/s1. The van der Waals surface area contributed by atoms with Crippen molar-refractivity contribution in [3.05, 3.63) is 101 Å². The Labute approximate surface area is 206 Å². The first-order chi connectivity index (χ1) is 17.5. The Bertz CT molecular complexity index is 1440. The van der Waals surface area contributed by atoms with Crippen LogP contribution in [0.25, 0.3) is 0 Å². The van der Waals surface area contributed by atoms with Crippen LogP contribution in [0.4, 0.5) is 16.0 Å². The number of nitrogens with one attached hydrogen (secondary N) is 2. The SMILES string of the molecule is COc1cc([C@@H]2C(C(=O)Nc3ccccc3)=C(C)Nc3nnnn32)ccc1OCc1ccccc1F. The minimum Gasteiger partial charge on any atom is -0.493 e. The summed E-state index contributed by atoms with van der Waals surface area (Å²) in [7, 11) is 1.52. The number of carbonyl (C=O) groups excluding carboxylic acids is 1. The number of anilines is 2. The lowest BCUT2D eigenvalue weighted by Crippen LogP contribution is -2.31. The fraction of sp³-hybridized carbons (Fsp3) is 0.154. The number of carbonyl (C=O) groups is 1. The molecule has 36 heavy (non-hydrogen) atoms. The number of rotatable bonds is 7. The molecule has 1 aromatic heterocycles. The summed E-state index contributed by atoms with van der Waals surface area (Å²) in [5.41, 5.74) is 2.87. The van der Waals surface area contributed by atoms with Crippen molar-refractivity contribution in [3.8, 4) is 11.5 Å². The Kier molecular flexibility index (Phi) is 6.31. The van der Waals surface area contributed by atoms with E-state index in [1.165, 1.54) is 13.2 Å². The van der Waals surface area contributed by atoms with Gasteiger partial charge in [-0.05, 0) is 53.2 Å². The van der Waals surface area contributed by atoms with Gasteiger partial charge in [-0.1, -0.05) is 47.6 Å². The molecule has 9 nitrogen and oxygen atoms in total. The Balaban J connectivity index is 1.48. The average Bonchev–Trinajstić information content (AvgIpc) is 3.36. The van der Waals surface area contributed by atoms with Crippen LogP contribution in [-0.2, 0) is 11.4 Å². The van der Waals surface area contributed by atoms with Gasteiger partial charge in [-0.15, -0.1) is 0 Å². The second kappa shape index (κ2) is 9.87. The van der Waals surface area contributed by atoms with Crippen LogP contribution in [0.15, 0.2) is 84.1 Å². The number of nitrogens with zero attached hydrogens (tertiary/aromatic N) is 4. The van der Waals surface area contributed by atoms with E-state index >= 15 is 0 Å². The van der Waals surface area contributed by atoms with E-state index in [1.807, 2.05) is 36.4 Å². The average molecular weight is 487 g/mol. The molecular weight excluding hydrogens is 463 g/mol. The molecule has 0 unspecified atom stereocenters. The maximum absolute atomic E-state index is 14.0. The predicted molar refractivity (Wildman–Crippen MR) is 131 cm³/mol. The summed E-state index contributed by atoms with van der Waals surface area (Å²) in [6, 6.07) is 20.3. The first-order valence-electron chi connectivity index (χ1n) is 11.2. The fourth-order valence-corrected chi connectivity index (χ4v) is 4.08. The molecule has 3 aromatic carbocycles. The molecule has 1 amide bonds. The highest BCUT2D eigenvalue weighted by Crippen LogP contribution is 2.38. The summed E-state index contributed by atoms with van der Waals surface area (Å²) in [6.07, 6.45) is 0. The number of ether oxygens (including phenoxy) is 2. The maximum Gasteiger partial charge on any atom is 0.255 e. The highest BCUT2D eigenvalue weighted by molar-refractivity contribution is 6.06. The number of allylic oxidation sites excluding steroid dienone is 1. The number of benzene rings is 3. The van der Waals surface area contributed by atoms with Crippen molar-refractivity contribution < 1.29 is 18.7 Å². The number of tetrazole rings is 1. The molecule has 4 aromatic rings. The summed E-state index contributed by atoms with van der Waals surface area (Å²) in [5, 5.41) is 17.9. The smallest absolute Gasteiger partial charge is 0.255 e. The molecule has 0 bridgehead atoms. The first kappa shape index (κ1) is 23.0. The monoisotopic (exact) mass is 486 g/mol. The van der Waals surface area contributed by atoms with Crippen LogP contribution in [0.5, 0.6) is 11.5 Å². The highest BCUT2D eigenvalue weighted by atomic mass is 19.1. The van der Waals surface area contributed by atoms with E-state index in [2.05, 4.69) is 26.2 Å². The van der Waals surface area contributed by atoms with Crippen LogP contribution in [0.1, 0.15) is 24.1 Å². The number of aromatic nitrogens is 4. The lowest BCUT2D eigenvalue weighted by atomic mass is 9.94. The van der Waals surface area contributed by atoms with Gasteiger partial charge in [0.25, 0.3) is 5.91 Å². The van der Waals surface area contributed by atoms with Crippen molar-refractivity contribution in [2.45, 2.75) is 19.6 Å². The van der Waals surface area contributed by atoms with Gasteiger partial charge in [-0.25, -0.2) is 4.39 Å². The molecule has 2 N–H and O–H groups in total. The number of hydrogen-bond donors (Lipinski definition) is 2. The summed E-state index contributed by atoms with van der Waals surface area (Å²) >= 11 is 0. The van der Waals surface area contributed by atoms with Gasteiger partial charge in [0, 0.05) is 16.9 Å². The van der Waals surface area contributed by atoms with Gasteiger partial charge in [0.15, 0.2) is 11.5 Å². The Morgan fingerprint density at radius 1 is 1.08 bits per heavy atom. The number of fused-ring (bicyclic) bond motifs is 1. The van der Waals surface area contributed by atoms with E-state index in [0.29, 0.717) is 45.5 Å². The molecule has 1 aliphatic rings. The van der Waals surface area contributed by atoms with Crippen LogP contribution in [0, 0.1) is 5.82 Å². The summed E-state index contributed by atoms with van der Waals surface area (Å²) in [4.78, 5) is 13.4. The topological polar surface area (TPSA) is 103 Å². The summed E-state index contributed by atoms with van der Waals surface area (Å²) in [6.45, 7) is 1.84. The Morgan fingerprint density at radius 3 is 2.64 bits per heavy atom. The normalized spacial score (nSPS) is 14.6. The van der Waals surface area contributed by atoms with Crippen molar-refractivity contribution in [1.82, 2.24) is 20.2 Å². The molecule has 1 atom stereocenters. The largest absolute Gasteiger partial charge is 0.493 e. The van der Waals surface area contributed by atoms with Crippen LogP contribution in [0.2, 0.25) is 0 Å². The molecule has 10 heteroatoms.